The lowest BCUT2D eigenvalue weighted by Crippen LogP contribution is -1.88. The van der Waals surface area contributed by atoms with Gasteiger partial charge in [0.2, 0.25) is 0 Å². The number of rotatable bonds is 2. The highest BCUT2D eigenvalue weighted by Crippen LogP contribution is 2.30. The van der Waals surface area contributed by atoms with Crippen molar-refractivity contribution in [3.05, 3.63) is 40.6 Å². The van der Waals surface area contributed by atoms with Crippen molar-refractivity contribution in [2.45, 2.75) is 5.33 Å². The molecule has 0 aliphatic rings. The molecule has 0 spiro atoms. The molecule has 0 saturated heterocycles. The van der Waals surface area contributed by atoms with E-state index in [0.717, 1.165) is 0 Å². The van der Waals surface area contributed by atoms with E-state index in [-0.39, 0.29) is 5.82 Å². The molecule has 78 valence electrons. The monoisotopic (exact) mass is 333 g/mol. The molecule has 0 bridgehead atoms. The fraction of sp³-hybridized carbons (Fsp3) is 0.100. The highest BCUT2D eigenvalue weighted by molar-refractivity contribution is 9.10. The van der Waals surface area contributed by atoms with Gasteiger partial charge < -0.3 is 4.42 Å². The molecule has 0 unspecified atom stereocenters. The van der Waals surface area contributed by atoms with Crippen LogP contribution in [0.15, 0.2) is 33.5 Å². The predicted octanol–water partition coefficient (Wildman–Crippen LogP) is 4.14. The Kier molecular flexibility index (Phi) is 3.21. The molecule has 0 radical (unpaired) electrons. The van der Waals surface area contributed by atoms with Gasteiger partial charge in [0.15, 0.2) is 12.2 Å². The summed E-state index contributed by atoms with van der Waals surface area (Å²) >= 11 is 6.40. The summed E-state index contributed by atoms with van der Waals surface area (Å²) in [5.74, 6) is 0.127. The molecule has 0 amide bonds. The number of halogens is 3. The number of benzene rings is 1. The molecule has 0 saturated carbocycles. The average molecular weight is 335 g/mol. The molecule has 1 aromatic carbocycles. The van der Waals surface area contributed by atoms with Crippen LogP contribution in [0.1, 0.15) is 5.69 Å². The number of nitrogens with zero attached hydrogens (tertiary/aromatic N) is 1. The van der Waals surface area contributed by atoms with Crippen molar-refractivity contribution >= 4 is 31.9 Å². The van der Waals surface area contributed by atoms with Gasteiger partial charge in [-0.3, -0.25) is 0 Å². The molecule has 0 fully saturated rings. The minimum Gasteiger partial charge on any atom is -0.443 e. The third kappa shape index (κ3) is 1.99. The molecular formula is C10H6Br2FNO. The zero-order valence-electron chi connectivity index (χ0n) is 7.51. The molecule has 5 heteroatoms. The van der Waals surface area contributed by atoms with Crippen molar-refractivity contribution in [3.63, 3.8) is 0 Å². The third-order valence-electron chi connectivity index (χ3n) is 1.96. The van der Waals surface area contributed by atoms with Crippen molar-refractivity contribution in [1.29, 1.82) is 0 Å². The van der Waals surface area contributed by atoms with Gasteiger partial charge in [-0.25, -0.2) is 9.37 Å². The molecule has 1 heterocycles. The molecule has 2 nitrogen and oxygen atoms in total. The largest absolute Gasteiger partial charge is 0.443 e. The van der Waals surface area contributed by atoms with E-state index in [1.807, 2.05) is 0 Å². The van der Waals surface area contributed by atoms with Crippen LogP contribution in [0.4, 0.5) is 4.39 Å². The first-order chi connectivity index (χ1) is 7.24. The van der Waals surface area contributed by atoms with Crippen molar-refractivity contribution in [3.8, 4) is 11.3 Å². The Morgan fingerprint density at radius 1 is 1.40 bits per heavy atom. The van der Waals surface area contributed by atoms with Crippen LogP contribution in [-0.2, 0) is 5.33 Å². The maximum absolute atomic E-state index is 13.7. The van der Waals surface area contributed by atoms with Crippen LogP contribution in [0.3, 0.4) is 0 Å². The number of hydrogen-bond acceptors (Lipinski definition) is 2. The maximum Gasteiger partial charge on any atom is 0.181 e. The maximum atomic E-state index is 13.7. The summed E-state index contributed by atoms with van der Waals surface area (Å²) in [6, 6.07) is 5.05. The van der Waals surface area contributed by atoms with Crippen LogP contribution in [0.25, 0.3) is 11.3 Å². The Bertz CT molecular complexity index is 484. The second kappa shape index (κ2) is 4.45. The minimum atomic E-state index is -0.337. The fourth-order valence-electron chi connectivity index (χ4n) is 1.26. The predicted molar refractivity (Wildman–Crippen MR) is 62.2 cm³/mol. The molecule has 0 aliphatic heterocycles. The molecule has 15 heavy (non-hydrogen) atoms. The van der Waals surface area contributed by atoms with E-state index in [4.69, 9.17) is 4.42 Å². The van der Waals surface area contributed by atoms with Gasteiger partial charge in [-0.15, -0.1) is 0 Å². The standard InChI is InChI=1S/C10H6Br2FNO/c11-4-8-10(15-5-14-8)6-2-1-3-7(12)9(6)13/h1-3,5H,4H2. The first-order valence-corrected chi connectivity index (χ1v) is 6.08. The average Bonchev–Trinajstić information content (AvgIpc) is 2.70. The van der Waals surface area contributed by atoms with E-state index in [1.54, 1.807) is 18.2 Å². The van der Waals surface area contributed by atoms with Crippen LogP contribution in [0, 0.1) is 5.82 Å². The molecule has 2 rings (SSSR count). The highest BCUT2D eigenvalue weighted by atomic mass is 79.9. The Morgan fingerprint density at radius 2 is 2.20 bits per heavy atom. The van der Waals surface area contributed by atoms with E-state index in [9.17, 15) is 4.39 Å². The number of aromatic nitrogens is 1. The van der Waals surface area contributed by atoms with E-state index in [2.05, 4.69) is 36.8 Å². The molecule has 0 atom stereocenters. The van der Waals surface area contributed by atoms with Crippen molar-refractivity contribution in [2.24, 2.45) is 0 Å². The van der Waals surface area contributed by atoms with Gasteiger partial charge in [-0.2, -0.15) is 0 Å². The topological polar surface area (TPSA) is 26.0 Å². The van der Waals surface area contributed by atoms with E-state index in [0.29, 0.717) is 26.8 Å². The first kappa shape index (κ1) is 10.8. The lowest BCUT2D eigenvalue weighted by Gasteiger charge is -2.02. The minimum absolute atomic E-state index is 0.337. The zero-order valence-corrected chi connectivity index (χ0v) is 10.7. The van der Waals surface area contributed by atoms with Crippen LogP contribution in [-0.4, -0.2) is 4.98 Å². The molecular weight excluding hydrogens is 329 g/mol. The Balaban J connectivity index is 2.59. The highest BCUT2D eigenvalue weighted by Gasteiger charge is 2.15. The zero-order chi connectivity index (χ0) is 10.8. The van der Waals surface area contributed by atoms with Crippen molar-refractivity contribution < 1.29 is 8.81 Å². The summed E-state index contributed by atoms with van der Waals surface area (Å²) in [5, 5.41) is 0.533. The van der Waals surface area contributed by atoms with Gasteiger partial charge >= 0.3 is 0 Å². The molecule has 2 aromatic rings. The summed E-state index contributed by atoms with van der Waals surface area (Å²) in [4.78, 5) is 3.99. The van der Waals surface area contributed by atoms with Crippen LogP contribution in [0.2, 0.25) is 0 Å². The summed E-state index contributed by atoms with van der Waals surface area (Å²) in [6.07, 6.45) is 1.31. The third-order valence-corrected chi connectivity index (χ3v) is 3.11. The second-order valence-electron chi connectivity index (χ2n) is 2.86. The number of alkyl halides is 1. The quantitative estimate of drug-likeness (QED) is 0.771. The van der Waals surface area contributed by atoms with Crippen LogP contribution in [0.5, 0.6) is 0 Å². The van der Waals surface area contributed by atoms with Gasteiger partial charge in [0.1, 0.15) is 5.82 Å². The first-order valence-electron chi connectivity index (χ1n) is 4.16. The fourth-order valence-corrected chi connectivity index (χ4v) is 2.03. The Hall–Kier alpha value is -0.680. The molecule has 0 N–H and O–H groups in total. The van der Waals surface area contributed by atoms with E-state index in [1.165, 1.54) is 6.39 Å². The normalized spacial score (nSPS) is 10.6. The summed E-state index contributed by atoms with van der Waals surface area (Å²) in [5.41, 5.74) is 1.10. The van der Waals surface area contributed by atoms with Gasteiger partial charge in [0.05, 0.1) is 15.7 Å². The van der Waals surface area contributed by atoms with Crippen molar-refractivity contribution in [2.75, 3.05) is 0 Å². The molecule has 1 aromatic heterocycles. The Morgan fingerprint density at radius 3 is 2.93 bits per heavy atom. The second-order valence-corrected chi connectivity index (χ2v) is 4.28. The SMILES string of the molecule is Fc1c(Br)cccc1-c1ocnc1CBr. The van der Waals surface area contributed by atoms with Crippen LogP contribution < -0.4 is 0 Å². The van der Waals surface area contributed by atoms with Gasteiger partial charge in [0.25, 0.3) is 0 Å². The van der Waals surface area contributed by atoms with Gasteiger partial charge in [0, 0.05) is 5.33 Å². The lowest BCUT2D eigenvalue weighted by atomic mass is 10.1. The van der Waals surface area contributed by atoms with Gasteiger partial charge in [-0.05, 0) is 28.1 Å². The number of oxazole rings is 1. The Labute approximate surface area is 103 Å². The smallest absolute Gasteiger partial charge is 0.181 e. The lowest BCUT2D eigenvalue weighted by molar-refractivity contribution is 0.559. The van der Waals surface area contributed by atoms with E-state index >= 15 is 0 Å². The van der Waals surface area contributed by atoms with Crippen LogP contribution >= 0.6 is 31.9 Å². The summed E-state index contributed by atoms with van der Waals surface area (Å²) in [7, 11) is 0. The molecule has 0 aliphatic carbocycles. The van der Waals surface area contributed by atoms with Gasteiger partial charge in [-0.1, -0.05) is 22.0 Å². The van der Waals surface area contributed by atoms with E-state index < -0.39 is 0 Å². The summed E-state index contributed by atoms with van der Waals surface area (Å²) in [6.45, 7) is 0. The summed E-state index contributed by atoms with van der Waals surface area (Å²) < 4.78 is 19.3. The number of hydrogen-bond donors (Lipinski definition) is 0. The van der Waals surface area contributed by atoms with Crippen molar-refractivity contribution in [1.82, 2.24) is 4.98 Å².